The molecule has 0 N–H and O–H groups in total. The van der Waals surface area contributed by atoms with Crippen molar-refractivity contribution in [2.75, 3.05) is 7.05 Å². The smallest absolute Gasteiger partial charge is 0.430 e. The summed E-state index contributed by atoms with van der Waals surface area (Å²) in [6.45, 7) is 0.192. The number of aryl methyl sites for hydroxylation is 2. The number of hydrogen-bond donors (Lipinski definition) is 0. The number of aromatic nitrogens is 2. The Morgan fingerprint density at radius 1 is 1.12 bits per heavy atom. The number of hydrazone groups is 1. The van der Waals surface area contributed by atoms with Crippen LogP contribution < -0.4 is 5.69 Å². The number of amides is 1. The monoisotopic (exact) mass is 352 g/mol. The first-order valence-corrected chi connectivity index (χ1v) is 8.11. The number of hydrogen-bond acceptors (Lipinski definition) is 4. The highest BCUT2D eigenvalue weighted by Crippen LogP contribution is 2.13. The van der Waals surface area contributed by atoms with Gasteiger partial charge in [0.25, 0.3) is 0 Å². The SMILES string of the molecule is CN(/N=C\c1ccc2c(c1)n(C)c(=O)n2C)C(=O)OCc1ccccc1. The number of rotatable bonds is 4. The van der Waals surface area contributed by atoms with Crippen LogP contribution in [0.5, 0.6) is 0 Å². The number of imidazole rings is 1. The van der Waals surface area contributed by atoms with Crippen LogP contribution in [0.15, 0.2) is 58.4 Å². The molecule has 0 bridgehead atoms. The van der Waals surface area contributed by atoms with E-state index in [0.29, 0.717) is 0 Å². The zero-order valence-corrected chi connectivity index (χ0v) is 14.9. The van der Waals surface area contributed by atoms with Gasteiger partial charge in [-0.1, -0.05) is 36.4 Å². The Hall–Kier alpha value is -3.35. The number of fused-ring (bicyclic) bond motifs is 1. The molecule has 134 valence electrons. The van der Waals surface area contributed by atoms with Crippen molar-refractivity contribution < 1.29 is 9.53 Å². The number of nitrogens with zero attached hydrogens (tertiary/aromatic N) is 4. The lowest BCUT2D eigenvalue weighted by Crippen LogP contribution is -2.22. The molecular formula is C19H20N4O3. The van der Waals surface area contributed by atoms with E-state index >= 15 is 0 Å². The second kappa shape index (κ2) is 7.26. The van der Waals surface area contributed by atoms with E-state index in [1.165, 1.54) is 7.05 Å². The molecule has 0 saturated carbocycles. The van der Waals surface area contributed by atoms with Crippen molar-refractivity contribution in [3.05, 3.63) is 70.1 Å². The van der Waals surface area contributed by atoms with Crippen molar-refractivity contribution in [2.24, 2.45) is 19.2 Å². The Morgan fingerprint density at radius 2 is 1.81 bits per heavy atom. The Morgan fingerprint density at radius 3 is 2.54 bits per heavy atom. The molecule has 2 aromatic carbocycles. The van der Waals surface area contributed by atoms with Crippen LogP contribution >= 0.6 is 0 Å². The molecule has 0 saturated heterocycles. The fraction of sp³-hybridized carbons (Fsp3) is 0.211. The quantitative estimate of drug-likeness (QED) is 0.535. The third kappa shape index (κ3) is 3.51. The molecule has 7 nitrogen and oxygen atoms in total. The average molecular weight is 352 g/mol. The minimum absolute atomic E-state index is 0.0873. The van der Waals surface area contributed by atoms with Crippen molar-refractivity contribution >= 4 is 23.3 Å². The van der Waals surface area contributed by atoms with Crippen LogP contribution in [0.4, 0.5) is 4.79 Å². The number of benzene rings is 2. The van der Waals surface area contributed by atoms with E-state index < -0.39 is 6.09 Å². The van der Waals surface area contributed by atoms with Crippen molar-refractivity contribution in [3.8, 4) is 0 Å². The van der Waals surface area contributed by atoms with Crippen LogP contribution in [-0.2, 0) is 25.4 Å². The molecule has 0 unspecified atom stereocenters. The van der Waals surface area contributed by atoms with E-state index in [2.05, 4.69) is 5.10 Å². The van der Waals surface area contributed by atoms with Gasteiger partial charge in [-0.05, 0) is 23.3 Å². The van der Waals surface area contributed by atoms with E-state index in [9.17, 15) is 9.59 Å². The Labute approximate surface area is 150 Å². The van der Waals surface area contributed by atoms with Crippen LogP contribution in [0, 0.1) is 0 Å². The van der Waals surface area contributed by atoms with E-state index in [4.69, 9.17) is 4.74 Å². The Bertz CT molecular complexity index is 1020. The van der Waals surface area contributed by atoms with Crippen molar-refractivity contribution in [1.82, 2.24) is 14.1 Å². The lowest BCUT2D eigenvalue weighted by Gasteiger charge is -2.11. The standard InChI is InChI=1S/C19H20N4O3/c1-21-16-10-9-15(11-17(16)22(2)18(21)24)12-20-23(3)19(25)26-13-14-7-5-4-6-8-14/h4-12H,13H2,1-3H3/b20-12-. The fourth-order valence-electron chi connectivity index (χ4n) is 2.62. The molecule has 26 heavy (non-hydrogen) atoms. The third-order valence-corrected chi connectivity index (χ3v) is 4.15. The van der Waals surface area contributed by atoms with Gasteiger partial charge in [-0.25, -0.2) is 14.6 Å². The lowest BCUT2D eigenvalue weighted by atomic mass is 10.2. The second-order valence-corrected chi connectivity index (χ2v) is 5.96. The van der Waals surface area contributed by atoms with Crippen molar-refractivity contribution in [3.63, 3.8) is 0 Å². The summed E-state index contributed by atoms with van der Waals surface area (Å²) < 4.78 is 8.37. The van der Waals surface area contributed by atoms with Gasteiger partial charge in [0.15, 0.2) is 0 Å². The number of carbonyl (C=O) groups excluding carboxylic acids is 1. The summed E-state index contributed by atoms with van der Waals surface area (Å²) >= 11 is 0. The van der Waals surface area contributed by atoms with E-state index in [1.54, 1.807) is 29.4 Å². The van der Waals surface area contributed by atoms with Gasteiger partial charge in [-0.15, -0.1) is 0 Å². The summed E-state index contributed by atoms with van der Waals surface area (Å²) in [6.07, 6.45) is 1.01. The maximum Gasteiger partial charge on any atom is 0.430 e. The highest BCUT2D eigenvalue weighted by Gasteiger charge is 2.10. The van der Waals surface area contributed by atoms with E-state index in [-0.39, 0.29) is 12.3 Å². The van der Waals surface area contributed by atoms with Gasteiger partial charge >= 0.3 is 11.8 Å². The summed E-state index contributed by atoms with van der Waals surface area (Å²) in [5, 5.41) is 5.25. The highest BCUT2D eigenvalue weighted by atomic mass is 16.6. The van der Waals surface area contributed by atoms with Crippen molar-refractivity contribution in [1.29, 1.82) is 0 Å². The third-order valence-electron chi connectivity index (χ3n) is 4.15. The van der Waals surface area contributed by atoms with Crippen LogP contribution in [0.2, 0.25) is 0 Å². The number of carbonyl (C=O) groups is 1. The molecule has 7 heteroatoms. The first-order valence-electron chi connectivity index (χ1n) is 8.11. The first-order chi connectivity index (χ1) is 12.5. The maximum atomic E-state index is 12.0. The van der Waals surface area contributed by atoms with Crippen LogP contribution in [0.3, 0.4) is 0 Å². The molecule has 3 aromatic rings. The van der Waals surface area contributed by atoms with Gasteiger partial charge in [-0.2, -0.15) is 5.10 Å². The maximum absolute atomic E-state index is 12.0. The summed E-state index contributed by atoms with van der Waals surface area (Å²) in [5.74, 6) is 0. The van der Waals surface area contributed by atoms with Gasteiger partial charge in [0, 0.05) is 21.1 Å². The largest absolute Gasteiger partial charge is 0.443 e. The summed E-state index contributed by atoms with van der Waals surface area (Å²) in [6, 6.07) is 15.0. The minimum atomic E-state index is -0.543. The van der Waals surface area contributed by atoms with E-state index in [0.717, 1.165) is 27.2 Å². The zero-order chi connectivity index (χ0) is 18.7. The number of ether oxygens (including phenoxy) is 1. The molecule has 0 spiro atoms. The van der Waals surface area contributed by atoms with Gasteiger partial charge in [0.05, 0.1) is 17.2 Å². The summed E-state index contributed by atoms with van der Waals surface area (Å²) in [7, 11) is 4.98. The molecule has 0 radical (unpaired) electrons. The lowest BCUT2D eigenvalue weighted by molar-refractivity contribution is 0.106. The highest BCUT2D eigenvalue weighted by molar-refractivity contribution is 5.88. The molecule has 1 heterocycles. The normalized spacial score (nSPS) is 11.2. The summed E-state index contributed by atoms with van der Waals surface area (Å²) in [5.41, 5.74) is 3.24. The second-order valence-electron chi connectivity index (χ2n) is 5.96. The van der Waals surface area contributed by atoms with Gasteiger partial charge < -0.3 is 4.74 Å². The first kappa shape index (κ1) is 17.5. The summed E-state index contributed by atoms with van der Waals surface area (Å²) in [4.78, 5) is 24.0. The van der Waals surface area contributed by atoms with Gasteiger partial charge in [0.2, 0.25) is 0 Å². The predicted octanol–water partition coefficient (Wildman–Crippen LogP) is 2.48. The van der Waals surface area contributed by atoms with Gasteiger partial charge in [0.1, 0.15) is 6.61 Å². The van der Waals surface area contributed by atoms with Crippen molar-refractivity contribution in [2.45, 2.75) is 6.61 Å². The predicted molar refractivity (Wildman–Crippen MR) is 100 cm³/mol. The average Bonchev–Trinajstić information content (AvgIpc) is 2.89. The van der Waals surface area contributed by atoms with Crippen LogP contribution in [-0.4, -0.2) is 33.5 Å². The van der Waals surface area contributed by atoms with Gasteiger partial charge in [-0.3, -0.25) is 9.13 Å². The zero-order valence-electron chi connectivity index (χ0n) is 14.9. The Balaban J connectivity index is 1.68. The molecule has 0 atom stereocenters. The molecule has 1 aromatic heterocycles. The Kier molecular flexibility index (Phi) is 4.88. The fourth-order valence-corrected chi connectivity index (χ4v) is 2.62. The molecule has 1 amide bonds. The molecule has 3 rings (SSSR count). The molecule has 0 aliphatic heterocycles. The molecule has 0 fully saturated rings. The minimum Gasteiger partial charge on any atom is -0.443 e. The van der Waals surface area contributed by atoms with E-state index in [1.807, 2.05) is 48.5 Å². The molecule has 0 aliphatic rings. The molecular weight excluding hydrogens is 332 g/mol. The topological polar surface area (TPSA) is 68.8 Å². The van der Waals surface area contributed by atoms with Crippen LogP contribution in [0.25, 0.3) is 11.0 Å². The molecule has 0 aliphatic carbocycles. The van der Waals surface area contributed by atoms with Crippen LogP contribution in [0.1, 0.15) is 11.1 Å².